The van der Waals surface area contributed by atoms with Crippen LogP contribution in [-0.2, 0) is 6.61 Å². The monoisotopic (exact) mass is 291 g/mol. The highest BCUT2D eigenvalue weighted by molar-refractivity contribution is 7.10. The van der Waals surface area contributed by atoms with Crippen LogP contribution >= 0.6 is 11.5 Å². The van der Waals surface area contributed by atoms with Gasteiger partial charge < -0.3 is 10.1 Å². The highest BCUT2D eigenvalue weighted by Crippen LogP contribution is 2.27. The predicted molar refractivity (Wildman–Crippen MR) is 83.6 cm³/mol. The zero-order valence-corrected chi connectivity index (χ0v) is 13.0. The van der Waals surface area contributed by atoms with E-state index < -0.39 is 0 Å². The van der Waals surface area contributed by atoms with Crippen molar-refractivity contribution in [2.45, 2.75) is 39.7 Å². The molecule has 0 aliphatic rings. The minimum Gasteiger partial charge on any atom is -0.487 e. The third-order valence-electron chi connectivity index (χ3n) is 3.00. The van der Waals surface area contributed by atoms with Crippen LogP contribution in [0.2, 0.25) is 0 Å². The molecule has 1 N–H and O–H groups in total. The molecule has 4 nitrogen and oxygen atoms in total. The van der Waals surface area contributed by atoms with Gasteiger partial charge in [-0.1, -0.05) is 43.5 Å². The first kappa shape index (κ1) is 14.8. The van der Waals surface area contributed by atoms with E-state index in [0.29, 0.717) is 12.5 Å². The van der Waals surface area contributed by atoms with Gasteiger partial charge in [0.1, 0.15) is 23.1 Å². The quantitative estimate of drug-likeness (QED) is 0.835. The van der Waals surface area contributed by atoms with Gasteiger partial charge in [0.25, 0.3) is 0 Å². The smallest absolute Gasteiger partial charge is 0.136 e. The molecule has 1 heterocycles. The molecule has 0 radical (unpaired) electrons. The molecule has 0 fully saturated rings. The van der Waals surface area contributed by atoms with E-state index in [-0.39, 0.29) is 0 Å². The molecule has 0 atom stereocenters. The number of aromatic nitrogens is 2. The van der Waals surface area contributed by atoms with Gasteiger partial charge in [-0.05, 0) is 24.0 Å². The Morgan fingerprint density at radius 3 is 2.85 bits per heavy atom. The predicted octanol–water partition coefficient (Wildman–Crippen LogP) is 4.06. The third-order valence-corrected chi connectivity index (χ3v) is 3.72. The SMILES string of the molecule is CCCNc1snnc1COc1ccccc1C(C)C. The molecule has 0 bridgehead atoms. The van der Waals surface area contributed by atoms with Crippen LogP contribution in [-0.4, -0.2) is 16.1 Å². The summed E-state index contributed by atoms with van der Waals surface area (Å²) >= 11 is 1.38. The Balaban J connectivity index is 2.04. The molecule has 0 aliphatic heterocycles. The zero-order chi connectivity index (χ0) is 14.4. The summed E-state index contributed by atoms with van der Waals surface area (Å²) in [5, 5.41) is 8.48. The maximum atomic E-state index is 5.93. The minimum atomic E-state index is 0.442. The Hall–Kier alpha value is -1.62. The average Bonchev–Trinajstić information content (AvgIpc) is 2.90. The number of nitrogens with zero attached hydrogens (tertiary/aromatic N) is 2. The number of rotatable bonds is 7. The van der Waals surface area contributed by atoms with E-state index >= 15 is 0 Å². The second-order valence-corrected chi connectivity index (χ2v) is 5.71. The van der Waals surface area contributed by atoms with Crippen molar-refractivity contribution in [3.05, 3.63) is 35.5 Å². The molecule has 0 spiro atoms. The molecule has 5 heteroatoms. The van der Waals surface area contributed by atoms with Crippen molar-refractivity contribution in [2.75, 3.05) is 11.9 Å². The topological polar surface area (TPSA) is 47.0 Å². The van der Waals surface area contributed by atoms with Crippen molar-refractivity contribution in [2.24, 2.45) is 0 Å². The van der Waals surface area contributed by atoms with Crippen LogP contribution in [0.5, 0.6) is 5.75 Å². The maximum Gasteiger partial charge on any atom is 0.136 e. The van der Waals surface area contributed by atoms with Crippen molar-refractivity contribution in [1.82, 2.24) is 9.59 Å². The summed E-state index contributed by atoms with van der Waals surface area (Å²) in [4.78, 5) is 0. The number of anilines is 1. The largest absolute Gasteiger partial charge is 0.487 e. The van der Waals surface area contributed by atoms with Gasteiger partial charge in [-0.2, -0.15) is 0 Å². The summed E-state index contributed by atoms with van der Waals surface area (Å²) in [6.45, 7) is 7.85. The molecule has 1 aromatic carbocycles. The summed E-state index contributed by atoms with van der Waals surface area (Å²) in [5.74, 6) is 1.37. The Kier molecular flexibility index (Phi) is 5.35. The van der Waals surface area contributed by atoms with E-state index in [0.717, 1.165) is 29.4 Å². The van der Waals surface area contributed by atoms with Gasteiger partial charge in [0.15, 0.2) is 0 Å². The summed E-state index contributed by atoms with van der Waals surface area (Å²) in [5.41, 5.74) is 2.10. The fourth-order valence-electron chi connectivity index (χ4n) is 1.91. The van der Waals surface area contributed by atoms with E-state index in [9.17, 15) is 0 Å². The lowest BCUT2D eigenvalue weighted by Gasteiger charge is -2.13. The summed E-state index contributed by atoms with van der Waals surface area (Å²) in [6.07, 6.45) is 1.08. The standard InChI is InChI=1S/C15H21N3OS/c1-4-9-16-15-13(17-18-20-15)10-19-14-8-6-5-7-12(14)11(2)3/h5-8,11,16H,4,9-10H2,1-3H3. The first-order valence-electron chi connectivity index (χ1n) is 6.99. The number of ether oxygens (including phenoxy) is 1. The molecule has 1 aromatic heterocycles. The molecule has 0 unspecified atom stereocenters. The van der Waals surface area contributed by atoms with Crippen LogP contribution in [0.1, 0.15) is 44.4 Å². The molecule has 0 amide bonds. The molecular formula is C15H21N3OS. The van der Waals surface area contributed by atoms with Gasteiger partial charge in [-0.15, -0.1) is 5.10 Å². The van der Waals surface area contributed by atoms with Crippen LogP contribution in [0.3, 0.4) is 0 Å². The first-order valence-corrected chi connectivity index (χ1v) is 7.76. The highest BCUT2D eigenvalue weighted by atomic mass is 32.1. The molecule has 20 heavy (non-hydrogen) atoms. The molecule has 0 saturated heterocycles. The number of hydrogen-bond acceptors (Lipinski definition) is 5. The molecule has 108 valence electrons. The second-order valence-electron chi connectivity index (χ2n) is 4.96. The summed E-state index contributed by atoms with van der Waals surface area (Å²) in [7, 11) is 0. The van der Waals surface area contributed by atoms with Gasteiger partial charge in [-0.3, -0.25) is 0 Å². The third kappa shape index (κ3) is 3.70. The minimum absolute atomic E-state index is 0.442. The first-order chi connectivity index (χ1) is 9.72. The lowest BCUT2D eigenvalue weighted by molar-refractivity contribution is 0.297. The Morgan fingerprint density at radius 1 is 1.30 bits per heavy atom. The lowest BCUT2D eigenvalue weighted by Crippen LogP contribution is -2.05. The van der Waals surface area contributed by atoms with Crippen molar-refractivity contribution in [3.8, 4) is 5.75 Å². The molecule has 0 saturated carbocycles. The van der Waals surface area contributed by atoms with Gasteiger partial charge >= 0.3 is 0 Å². The molecular weight excluding hydrogens is 270 g/mol. The van der Waals surface area contributed by atoms with E-state index in [1.165, 1.54) is 17.1 Å². The van der Waals surface area contributed by atoms with Crippen molar-refractivity contribution >= 4 is 16.5 Å². The Morgan fingerprint density at radius 2 is 2.10 bits per heavy atom. The van der Waals surface area contributed by atoms with Crippen LogP contribution < -0.4 is 10.1 Å². The second kappa shape index (κ2) is 7.24. The van der Waals surface area contributed by atoms with Crippen molar-refractivity contribution in [3.63, 3.8) is 0 Å². The normalized spacial score (nSPS) is 10.8. The average molecular weight is 291 g/mol. The number of nitrogens with one attached hydrogen (secondary N) is 1. The van der Waals surface area contributed by atoms with Crippen LogP contribution in [0.25, 0.3) is 0 Å². The zero-order valence-electron chi connectivity index (χ0n) is 12.2. The Labute approximate surface area is 124 Å². The van der Waals surface area contributed by atoms with E-state index in [4.69, 9.17) is 4.74 Å². The van der Waals surface area contributed by atoms with Crippen molar-refractivity contribution in [1.29, 1.82) is 0 Å². The highest BCUT2D eigenvalue weighted by Gasteiger charge is 2.11. The molecule has 2 aromatic rings. The lowest BCUT2D eigenvalue weighted by atomic mass is 10.0. The van der Waals surface area contributed by atoms with Crippen LogP contribution in [0, 0.1) is 0 Å². The Bertz CT molecular complexity index is 539. The van der Waals surface area contributed by atoms with Crippen molar-refractivity contribution < 1.29 is 4.74 Å². The fraction of sp³-hybridized carbons (Fsp3) is 0.467. The fourth-order valence-corrected chi connectivity index (χ4v) is 2.50. The summed E-state index contributed by atoms with van der Waals surface area (Å²) in [6, 6.07) is 8.15. The van der Waals surface area contributed by atoms with E-state index in [1.807, 2.05) is 18.2 Å². The molecule has 0 aliphatic carbocycles. The number of para-hydroxylation sites is 1. The number of hydrogen-bond donors (Lipinski definition) is 1. The van der Waals surface area contributed by atoms with Gasteiger partial charge in [0.2, 0.25) is 0 Å². The molecule has 2 rings (SSSR count). The summed E-state index contributed by atoms with van der Waals surface area (Å²) < 4.78 is 9.92. The van der Waals surface area contributed by atoms with Crippen LogP contribution in [0.15, 0.2) is 24.3 Å². The van der Waals surface area contributed by atoms with Crippen LogP contribution in [0.4, 0.5) is 5.00 Å². The van der Waals surface area contributed by atoms with Gasteiger partial charge in [0, 0.05) is 18.1 Å². The van der Waals surface area contributed by atoms with E-state index in [1.54, 1.807) is 0 Å². The number of benzene rings is 1. The maximum absolute atomic E-state index is 5.93. The van der Waals surface area contributed by atoms with E-state index in [2.05, 4.69) is 41.7 Å². The van der Waals surface area contributed by atoms with Gasteiger partial charge in [0.05, 0.1) is 0 Å². The van der Waals surface area contributed by atoms with Gasteiger partial charge in [-0.25, -0.2) is 0 Å².